The number of carboxylic acids is 1. The van der Waals surface area contributed by atoms with Crippen LogP contribution in [0.25, 0.3) is 0 Å². The van der Waals surface area contributed by atoms with E-state index in [1.54, 1.807) is 13.8 Å². The third-order valence-electron chi connectivity index (χ3n) is 3.13. The van der Waals surface area contributed by atoms with Crippen molar-refractivity contribution >= 4 is 5.97 Å². The molecule has 6 heteroatoms. The molecule has 1 aromatic carbocycles. The predicted octanol–water partition coefficient (Wildman–Crippen LogP) is 2.09. The van der Waals surface area contributed by atoms with Crippen LogP contribution in [-0.4, -0.2) is 28.3 Å². The lowest BCUT2D eigenvalue weighted by molar-refractivity contribution is -0.141. The molecule has 0 saturated carbocycles. The predicted molar refractivity (Wildman–Crippen MR) is 70.2 cm³/mol. The molecule has 0 aliphatic heterocycles. The van der Waals surface area contributed by atoms with Crippen LogP contribution < -0.4 is 5.32 Å². The number of rotatable bonds is 6. The van der Waals surface area contributed by atoms with Gasteiger partial charge >= 0.3 is 5.97 Å². The van der Waals surface area contributed by atoms with Gasteiger partial charge in [-0.1, -0.05) is 13.8 Å². The highest BCUT2D eigenvalue weighted by molar-refractivity contribution is 5.73. The molecule has 3 N–H and O–H groups in total. The fourth-order valence-corrected chi connectivity index (χ4v) is 1.93. The van der Waals surface area contributed by atoms with E-state index in [0.717, 1.165) is 18.2 Å². The minimum atomic E-state index is -1.34. The quantitative estimate of drug-likeness (QED) is 0.749. The Morgan fingerprint density at radius 2 is 1.85 bits per heavy atom. The molecule has 0 aliphatic rings. The number of carboxylic acid groups (broad SMARTS) is 1. The SMILES string of the molecule is CC(C)C(NC(C)C(O)c1cc(F)ccc1F)C(=O)O. The van der Waals surface area contributed by atoms with Crippen LogP contribution in [0.5, 0.6) is 0 Å². The molecule has 3 atom stereocenters. The number of carbonyl (C=O) groups is 1. The van der Waals surface area contributed by atoms with Crippen LogP contribution >= 0.6 is 0 Å². The van der Waals surface area contributed by atoms with Crippen molar-refractivity contribution in [2.75, 3.05) is 0 Å². The maximum absolute atomic E-state index is 13.6. The molecular weight excluding hydrogens is 268 g/mol. The van der Waals surface area contributed by atoms with E-state index in [9.17, 15) is 18.7 Å². The van der Waals surface area contributed by atoms with Crippen molar-refractivity contribution < 1.29 is 23.8 Å². The lowest BCUT2D eigenvalue weighted by Crippen LogP contribution is -2.47. The second-order valence-corrected chi connectivity index (χ2v) is 5.13. The first-order valence-electron chi connectivity index (χ1n) is 6.36. The number of hydrogen-bond acceptors (Lipinski definition) is 3. The number of aliphatic carboxylic acids is 1. The Hall–Kier alpha value is -1.53. The second kappa shape index (κ2) is 6.76. The van der Waals surface area contributed by atoms with Gasteiger partial charge in [0, 0.05) is 11.6 Å². The van der Waals surface area contributed by atoms with Crippen LogP contribution in [0.15, 0.2) is 18.2 Å². The molecule has 0 spiro atoms. The first kappa shape index (κ1) is 16.5. The highest BCUT2D eigenvalue weighted by Gasteiger charge is 2.27. The third-order valence-corrected chi connectivity index (χ3v) is 3.13. The third kappa shape index (κ3) is 3.98. The Morgan fingerprint density at radius 1 is 1.25 bits per heavy atom. The van der Waals surface area contributed by atoms with E-state index < -0.39 is 35.8 Å². The van der Waals surface area contributed by atoms with E-state index >= 15 is 0 Å². The molecule has 0 amide bonds. The van der Waals surface area contributed by atoms with Gasteiger partial charge in [0.05, 0.1) is 6.10 Å². The van der Waals surface area contributed by atoms with E-state index in [1.807, 2.05) is 0 Å². The average Bonchev–Trinajstić information content (AvgIpc) is 2.36. The van der Waals surface area contributed by atoms with Gasteiger partial charge in [0.25, 0.3) is 0 Å². The standard InChI is InChI=1S/C14H19F2NO3/c1-7(2)12(14(19)20)17-8(3)13(18)10-6-9(15)4-5-11(10)16/h4-8,12-13,17-18H,1-3H3,(H,19,20). The summed E-state index contributed by atoms with van der Waals surface area (Å²) in [6, 6.07) is 1.17. The number of benzene rings is 1. The molecule has 0 aromatic heterocycles. The van der Waals surface area contributed by atoms with Crippen LogP contribution in [0, 0.1) is 17.6 Å². The Labute approximate surface area is 116 Å². The zero-order valence-electron chi connectivity index (χ0n) is 11.6. The fraction of sp³-hybridized carbons (Fsp3) is 0.500. The summed E-state index contributed by atoms with van der Waals surface area (Å²) >= 11 is 0. The largest absolute Gasteiger partial charge is 0.480 e. The summed E-state index contributed by atoms with van der Waals surface area (Å²) in [7, 11) is 0. The highest BCUT2D eigenvalue weighted by atomic mass is 19.1. The Bertz CT molecular complexity index is 479. The van der Waals surface area contributed by atoms with Crippen molar-refractivity contribution in [3.63, 3.8) is 0 Å². The van der Waals surface area contributed by atoms with Gasteiger partial charge in [0.2, 0.25) is 0 Å². The number of aliphatic hydroxyl groups excluding tert-OH is 1. The zero-order valence-corrected chi connectivity index (χ0v) is 11.6. The van der Waals surface area contributed by atoms with Crippen molar-refractivity contribution in [1.82, 2.24) is 5.32 Å². The van der Waals surface area contributed by atoms with E-state index in [1.165, 1.54) is 6.92 Å². The molecule has 1 rings (SSSR count). The molecule has 1 aromatic rings. The van der Waals surface area contributed by atoms with Gasteiger partial charge < -0.3 is 10.2 Å². The van der Waals surface area contributed by atoms with Gasteiger partial charge in [-0.25, -0.2) is 8.78 Å². The summed E-state index contributed by atoms with van der Waals surface area (Å²) in [5, 5.41) is 21.8. The second-order valence-electron chi connectivity index (χ2n) is 5.13. The number of aliphatic hydroxyl groups is 1. The molecule has 3 unspecified atom stereocenters. The van der Waals surface area contributed by atoms with E-state index in [4.69, 9.17) is 5.11 Å². The Morgan fingerprint density at radius 3 is 2.35 bits per heavy atom. The number of halogens is 2. The van der Waals surface area contributed by atoms with Crippen molar-refractivity contribution in [3.8, 4) is 0 Å². The Balaban J connectivity index is 2.88. The van der Waals surface area contributed by atoms with Crippen LogP contribution in [0.1, 0.15) is 32.4 Å². The molecule has 20 heavy (non-hydrogen) atoms. The molecular formula is C14H19F2NO3. The van der Waals surface area contributed by atoms with E-state index in [-0.39, 0.29) is 11.5 Å². The average molecular weight is 287 g/mol. The minimum absolute atomic E-state index is 0.196. The topological polar surface area (TPSA) is 69.6 Å². The van der Waals surface area contributed by atoms with Crippen molar-refractivity contribution in [2.45, 2.75) is 39.0 Å². The normalized spacial score (nSPS) is 15.9. The first-order valence-corrected chi connectivity index (χ1v) is 6.36. The molecule has 0 fully saturated rings. The van der Waals surface area contributed by atoms with Gasteiger partial charge in [0.1, 0.15) is 17.7 Å². The van der Waals surface area contributed by atoms with Gasteiger partial charge in [-0.2, -0.15) is 0 Å². The van der Waals surface area contributed by atoms with Gasteiger partial charge in [-0.3, -0.25) is 10.1 Å². The highest BCUT2D eigenvalue weighted by Crippen LogP contribution is 2.22. The molecule has 0 heterocycles. The Kier molecular flexibility index (Phi) is 5.59. The molecule has 4 nitrogen and oxygen atoms in total. The molecule has 0 aliphatic carbocycles. The monoisotopic (exact) mass is 287 g/mol. The minimum Gasteiger partial charge on any atom is -0.480 e. The van der Waals surface area contributed by atoms with Crippen molar-refractivity contribution in [2.24, 2.45) is 5.92 Å². The van der Waals surface area contributed by atoms with Crippen LogP contribution in [0.4, 0.5) is 8.78 Å². The first-order chi connectivity index (χ1) is 9.23. The lowest BCUT2D eigenvalue weighted by Gasteiger charge is -2.26. The fourth-order valence-electron chi connectivity index (χ4n) is 1.93. The summed E-state index contributed by atoms with van der Waals surface area (Å²) in [6.45, 7) is 4.95. The van der Waals surface area contributed by atoms with Crippen LogP contribution in [0.2, 0.25) is 0 Å². The van der Waals surface area contributed by atoms with E-state index in [2.05, 4.69) is 5.32 Å². The molecule has 112 valence electrons. The maximum atomic E-state index is 13.6. The molecule has 0 bridgehead atoms. The molecule has 0 saturated heterocycles. The van der Waals surface area contributed by atoms with Gasteiger partial charge in [-0.15, -0.1) is 0 Å². The van der Waals surface area contributed by atoms with Gasteiger partial charge in [-0.05, 0) is 31.0 Å². The zero-order chi connectivity index (χ0) is 15.4. The van der Waals surface area contributed by atoms with Crippen LogP contribution in [-0.2, 0) is 4.79 Å². The summed E-state index contributed by atoms with van der Waals surface area (Å²) in [4.78, 5) is 11.1. The smallest absolute Gasteiger partial charge is 0.320 e. The maximum Gasteiger partial charge on any atom is 0.320 e. The summed E-state index contributed by atoms with van der Waals surface area (Å²) in [5.41, 5.74) is -0.196. The van der Waals surface area contributed by atoms with Crippen molar-refractivity contribution in [1.29, 1.82) is 0 Å². The van der Waals surface area contributed by atoms with Crippen LogP contribution in [0.3, 0.4) is 0 Å². The number of hydrogen-bond donors (Lipinski definition) is 3. The summed E-state index contributed by atoms with van der Waals surface area (Å²) in [5.74, 6) is -2.66. The van der Waals surface area contributed by atoms with E-state index in [0.29, 0.717) is 0 Å². The summed E-state index contributed by atoms with van der Waals surface area (Å²) < 4.78 is 26.7. The van der Waals surface area contributed by atoms with Gasteiger partial charge in [0.15, 0.2) is 0 Å². The lowest BCUT2D eigenvalue weighted by atomic mass is 9.99. The molecule has 0 radical (unpaired) electrons. The number of nitrogens with one attached hydrogen (secondary N) is 1. The van der Waals surface area contributed by atoms with Crippen molar-refractivity contribution in [3.05, 3.63) is 35.4 Å². The summed E-state index contributed by atoms with van der Waals surface area (Å²) in [6.07, 6.45) is -1.34.